The molecule has 140 valence electrons. The first-order valence-electron chi connectivity index (χ1n) is 8.11. The summed E-state index contributed by atoms with van der Waals surface area (Å²) < 4.78 is 15.5. The van der Waals surface area contributed by atoms with Gasteiger partial charge in [-0.3, -0.25) is 4.79 Å². The van der Waals surface area contributed by atoms with Crippen LogP contribution < -0.4 is 0 Å². The Morgan fingerprint density at radius 1 is 1.19 bits per heavy atom. The van der Waals surface area contributed by atoms with Gasteiger partial charge < -0.3 is 18.6 Å². The van der Waals surface area contributed by atoms with Gasteiger partial charge in [-0.1, -0.05) is 16.8 Å². The summed E-state index contributed by atoms with van der Waals surface area (Å²) in [6, 6.07) is 12.3. The Labute approximate surface area is 160 Å². The number of hydrogen-bond donors (Lipinski definition) is 0. The van der Waals surface area contributed by atoms with E-state index in [1.54, 1.807) is 32.2 Å². The van der Waals surface area contributed by atoms with Gasteiger partial charge >= 0.3 is 5.97 Å². The molecular weight excluding hydrogens is 372 g/mol. The second-order valence-corrected chi connectivity index (χ2v) is 6.37. The SMILES string of the molecule is Cc1cc(C(=O)OCC(=O)N(C)Cc2ccc(-c3ccc(Cl)cc3)o2)on1. The summed E-state index contributed by atoms with van der Waals surface area (Å²) in [7, 11) is 1.60. The van der Waals surface area contributed by atoms with Crippen molar-refractivity contribution >= 4 is 23.5 Å². The summed E-state index contributed by atoms with van der Waals surface area (Å²) in [6.45, 7) is 1.52. The zero-order chi connectivity index (χ0) is 19.4. The minimum absolute atomic E-state index is 0.0402. The van der Waals surface area contributed by atoms with Gasteiger partial charge in [0.2, 0.25) is 5.76 Å². The van der Waals surface area contributed by atoms with E-state index >= 15 is 0 Å². The lowest BCUT2D eigenvalue weighted by atomic mass is 10.2. The Bertz CT molecular complexity index is 945. The zero-order valence-corrected chi connectivity index (χ0v) is 15.5. The number of nitrogens with zero attached hydrogens (tertiary/aromatic N) is 2. The van der Waals surface area contributed by atoms with Crippen LogP contribution in [0.2, 0.25) is 5.02 Å². The zero-order valence-electron chi connectivity index (χ0n) is 14.8. The minimum Gasteiger partial charge on any atom is -0.459 e. The molecule has 0 radical (unpaired) electrons. The van der Waals surface area contributed by atoms with Crippen LogP contribution in [0.4, 0.5) is 0 Å². The summed E-state index contributed by atoms with van der Waals surface area (Å²) in [5.74, 6) is 0.133. The fraction of sp³-hybridized carbons (Fsp3) is 0.211. The smallest absolute Gasteiger partial charge is 0.377 e. The molecule has 0 fully saturated rings. The first-order chi connectivity index (χ1) is 12.9. The van der Waals surface area contributed by atoms with E-state index < -0.39 is 12.6 Å². The van der Waals surface area contributed by atoms with E-state index in [1.165, 1.54) is 11.0 Å². The molecule has 3 rings (SSSR count). The molecule has 0 aliphatic rings. The van der Waals surface area contributed by atoms with Crippen molar-refractivity contribution in [1.82, 2.24) is 10.1 Å². The van der Waals surface area contributed by atoms with E-state index in [1.807, 2.05) is 18.2 Å². The Morgan fingerprint density at radius 2 is 1.93 bits per heavy atom. The second kappa shape index (κ2) is 8.09. The van der Waals surface area contributed by atoms with Gasteiger partial charge in [-0.25, -0.2) is 4.79 Å². The van der Waals surface area contributed by atoms with E-state index in [-0.39, 0.29) is 18.2 Å². The highest BCUT2D eigenvalue weighted by atomic mass is 35.5. The Morgan fingerprint density at radius 3 is 2.59 bits per heavy atom. The van der Waals surface area contributed by atoms with Gasteiger partial charge in [0.25, 0.3) is 5.91 Å². The van der Waals surface area contributed by atoms with Gasteiger partial charge in [-0.15, -0.1) is 0 Å². The normalized spacial score (nSPS) is 10.6. The number of carbonyl (C=O) groups is 2. The first-order valence-corrected chi connectivity index (χ1v) is 8.49. The van der Waals surface area contributed by atoms with Gasteiger partial charge in [0.15, 0.2) is 6.61 Å². The molecule has 1 amide bonds. The van der Waals surface area contributed by atoms with Crippen LogP contribution in [0.3, 0.4) is 0 Å². The molecule has 7 nitrogen and oxygen atoms in total. The Balaban J connectivity index is 1.53. The van der Waals surface area contributed by atoms with Gasteiger partial charge in [0, 0.05) is 23.7 Å². The minimum atomic E-state index is -0.736. The summed E-state index contributed by atoms with van der Waals surface area (Å²) in [6.07, 6.45) is 0. The number of amides is 1. The lowest BCUT2D eigenvalue weighted by Crippen LogP contribution is -2.30. The topological polar surface area (TPSA) is 85.8 Å². The number of aryl methyl sites for hydroxylation is 1. The molecule has 0 saturated carbocycles. The highest BCUT2D eigenvalue weighted by Gasteiger charge is 2.18. The monoisotopic (exact) mass is 388 g/mol. The summed E-state index contributed by atoms with van der Waals surface area (Å²) in [5, 5.41) is 4.24. The number of esters is 1. The number of aromatic nitrogens is 1. The van der Waals surface area contributed by atoms with Crippen molar-refractivity contribution in [3.63, 3.8) is 0 Å². The molecule has 0 bridgehead atoms. The Kier molecular flexibility index (Phi) is 5.61. The molecule has 0 aliphatic carbocycles. The number of halogens is 1. The molecule has 0 atom stereocenters. The molecule has 3 aromatic rings. The van der Waals surface area contributed by atoms with Crippen LogP contribution in [-0.4, -0.2) is 35.6 Å². The lowest BCUT2D eigenvalue weighted by molar-refractivity contribution is -0.134. The third-order valence-electron chi connectivity index (χ3n) is 3.77. The number of likely N-dealkylation sites (N-methyl/N-ethyl adjacent to an activating group) is 1. The number of ether oxygens (including phenoxy) is 1. The van der Waals surface area contributed by atoms with Gasteiger partial charge in [-0.05, 0) is 43.3 Å². The van der Waals surface area contributed by atoms with Crippen LogP contribution in [0.1, 0.15) is 22.0 Å². The molecule has 8 heteroatoms. The van der Waals surface area contributed by atoms with Crippen molar-refractivity contribution in [3.8, 4) is 11.3 Å². The van der Waals surface area contributed by atoms with E-state index in [2.05, 4.69) is 5.16 Å². The van der Waals surface area contributed by atoms with E-state index in [4.69, 9.17) is 25.3 Å². The van der Waals surface area contributed by atoms with Crippen molar-refractivity contribution in [3.05, 3.63) is 64.7 Å². The quantitative estimate of drug-likeness (QED) is 0.598. The molecule has 27 heavy (non-hydrogen) atoms. The maximum atomic E-state index is 12.1. The van der Waals surface area contributed by atoms with Gasteiger partial charge in [-0.2, -0.15) is 0 Å². The fourth-order valence-electron chi connectivity index (χ4n) is 2.32. The highest BCUT2D eigenvalue weighted by molar-refractivity contribution is 6.30. The third-order valence-corrected chi connectivity index (χ3v) is 4.02. The average molecular weight is 389 g/mol. The highest BCUT2D eigenvalue weighted by Crippen LogP contribution is 2.24. The number of benzene rings is 1. The molecule has 2 aromatic heterocycles. The molecule has 1 aromatic carbocycles. The molecule has 0 spiro atoms. The molecule has 0 aliphatic heterocycles. The van der Waals surface area contributed by atoms with Crippen LogP contribution in [-0.2, 0) is 16.1 Å². The van der Waals surface area contributed by atoms with E-state index in [0.717, 1.165) is 5.56 Å². The Hall–Kier alpha value is -3.06. The molecular formula is C19H17ClN2O5. The largest absolute Gasteiger partial charge is 0.459 e. The van der Waals surface area contributed by atoms with Crippen molar-refractivity contribution in [2.45, 2.75) is 13.5 Å². The van der Waals surface area contributed by atoms with Crippen molar-refractivity contribution in [1.29, 1.82) is 0 Å². The first kappa shape index (κ1) is 18.7. The van der Waals surface area contributed by atoms with Crippen molar-refractivity contribution in [2.24, 2.45) is 0 Å². The summed E-state index contributed by atoms with van der Waals surface area (Å²) >= 11 is 5.88. The predicted molar refractivity (Wildman–Crippen MR) is 97.2 cm³/mol. The molecule has 0 saturated heterocycles. The number of carbonyl (C=O) groups excluding carboxylic acids is 2. The third kappa shape index (κ3) is 4.77. The van der Waals surface area contributed by atoms with Crippen molar-refractivity contribution in [2.75, 3.05) is 13.7 Å². The molecule has 0 N–H and O–H groups in total. The van der Waals surface area contributed by atoms with Crippen LogP contribution in [0.15, 0.2) is 51.4 Å². The average Bonchev–Trinajstić information content (AvgIpc) is 3.29. The van der Waals surface area contributed by atoms with Crippen LogP contribution >= 0.6 is 11.6 Å². The summed E-state index contributed by atoms with van der Waals surface area (Å²) in [4.78, 5) is 25.3. The van der Waals surface area contributed by atoms with Gasteiger partial charge in [0.1, 0.15) is 11.5 Å². The molecule has 2 heterocycles. The molecule has 0 unspecified atom stereocenters. The fourth-order valence-corrected chi connectivity index (χ4v) is 2.45. The lowest BCUT2D eigenvalue weighted by Gasteiger charge is -2.15. The second-order valence-electron chi connectivity index (χ2n) is 5.93. The number of hydrogen-bond acceptors (Lipinski definition) is 6. The number of rotatable bonds is 6. The maximum absolute atomic E-state index is 12.1. The maximum Gasteiger partial charge on any atom is 0.377 e. The van der Waals surface area contributed by atoms with E-state index in [0.29, 0.717) is 22.2 Å². The standard InChI is InChI=1S/C19H17ClN2O5/c1-12-9-17(27-21-12)19(24)25-11-18(23)22(2)10-15-7-8-16(26-15)13-3-5-14(20)6-4-13/h3-9H,10-11H2,1-2H3. The van der Waals surface area contributed by atoms with Crippen LogP contribution in [0, 0.1) is 6.92 Å². The van der Waals surface area contributed by atoms with E-state index in [9.17, 15) is 9.59 Å². The summed E-state index contributed by atoms with van der Waals surface area (Å²) in [5.41, 5.74) is 1.44. The number of furan rings is 1. The van der Waals surface area contributed by atoms with Crippen molar-refractivity contribution < 1.29 is 23.3 Å². The van der Waals surface area contributed by atoms with Crippen LogP contribution in [0.5, 0.6) is 0 Å². The van der Waals surface area contributed by atoms with Gasteiger partial charge in [0.05, 0.1) is 12.2 Å². The van der Waals surface area contributed by atoms with Crippen LogP contribution in [0.25, 0.3) is 11.3 Å². The predicted octanol–water partition coefficient (Wildman–Crippen LogP) is 3.71.